The maximum Gasteiger partial charge on any atom is 0.321 e. The first-order valence-electron chi connectivity index (χ1n) is 7.21. The summed E-state index contributed by atoms with van der Waals surface area (Å²) in [6.07, 6.45) is 1.68. The van der Waals surface area contributed by atoms with Crippen LogP contribution in [-0.4, -0.2) is 29.1 Å². The number of nitrogens with zero attached hydrogens (tertiary/aromatic N) is 1. The van der Waals surface area contributed by atoms with Crippen LogP contribution < -0.4 is 5.32 Å². The highest BCUT2D eigenvalue weighted by Crippen LogP contribution is 2.28. The van der Waals surface area contributed by atoms with Gasteiger partial charge in [-0.2, -0.15) is 0 Å². The summed E-state index contributed by atoms with van der Waals surface area (Å²) in [6.45, 7) is 7.70. The van der Waals surface area contributed by atoms with Crippen LogP contribution in [0.1, 0.15) is 45.3 Å². The van der Waals surface area contributed by atoms with E-state index in [1.807, 2.05) is 29.2 Å². The van der Waals surface area contributed by atoms with E-state index in [0.29, 0.717) is 0 Å². The third-order valence-electron chi connectivity index (χ3n) is 3.81. The molecule has 1 aliphatic heterocycles. The molecule has 20 heavy (non-hydrogen) atoms. The third kappa shape index (κ3) is 3.73. The number of nitrogens with one attached hydrogen (secondary N) is 1. The smallest absolute Gasteiger partial charge is 0.321 e. The second-order valence-corrected chi connectivity index (χ2v) is 6.42. The van der Waals surface area contributed by atoms with Gasteiger partial charge in [0.25, 0.3) is 0 Å². The van der Waals surface area contributed by atoms with E-state index in [-0.39, 0.29) is 11.4 Å². The number of hydrogen-bond acceptors (Lipinski definition) is 2. The lowest BCUT2D eigenvalue weighted by Gasteiger charge is -2.37. The molecule has 1 saturated heterocycles. The molecule has 4 heteroatoms. The molecule has 0 spiro atoms. The molecule has 0 radical (unpaired) electrons. The number of aliphatic hydroxyl groups excluding tert-OH is 1. The van der Waals surface area contributed by atoms with E-state index in [1.165, 1.54) is 0 Å². The van der Waals surface area contributed by atoms with Gasteiger partial charge < -0.3 is 15.3 Å². The van der Waals surface area contributed by atoms with Crippen molar-refractivity contribution in [3.63, 3.8) is 0 Å². The molecular weight excluding hydrogens is 252 g/mol. The molecule has 1 aromatic rings. The van der Waals surface area contributed by atoms with Crippen molar-refractivity contribution in [3.8, 4) is 0 Å². The number of likely N-dealkylation sites (tertiary alicyclic amines) is 1. The number of urea groups is 1. The quantitative estimate of drug-likeness (QED) is 0.870. The van der Waals surface area contributed by atoms with Crippen molar-refractivity contribution in [2.24, 2.45) is 5.41 Å². The van der Waals surface area contributed by atoms with Crippen molar-refractivity contribution in [1.29, 1.82) is 0 Å². The number of rotatable bonds is 2. The van der Waals surface area contributed by atoms with Crippen LogP contribution in [0.2, 0.25) is 0 Å². The highest BCUT2D eigenvalue weighted by molar-refractivity contribution is 5.89. The Balaban J connectivity index is 2.02. The molecule has 1 atom stereocenters. The molecule has 1 fully saturated rings. The zero-order valence-corrected chi connectivity index (χ0v) is 12.5. The van der Waals surface area contributed by atoms with Crippen LogP contribution in [0, 0.1) is 5.41 Å². The number of anilines is 1. The minimum absolute atomic E-state index is 0.0551. The number of benzene rings is 1. The molecule has 4 nitrogen and oxygen atoms in total. The van der Waals surface area contributed by atoms with Crippen molar-refractivity contribution in [3.05, 3.63) is 29.8 Å². The van der Waals surface area contributed by atoms with Gasteiger partial charge in [0.15, 0.2) is 0 Å². The molecule has 1 aromatic carbocycles. The first-order valence-corrected chi connectivity index (χ1v) is 7.21. The zero-order valence-electron chi connectivity index (χ0n) is 12.5. The first kappa shape index (κ1) is 14.9. The van der Waals surface area contributed by atoms with Gasteiger partial charge in [-0.1, -0.05) is 26.0 Å². The summed E-state index contributed by atoms with van der Waals surface area (Å²) in [4.78, 5) is 14.2. The van der Waals surface area contributed by atoms with Crippen LogP contribution in [0.25, 0.3) is 0 Å². The number of amides is 2. The Labute approximate surface area is 120 Å². The predicted molar refractivity (Wildman–Crippen MR) is 80.7 cm³/mol. The average Bonchev–Trinajstić information content (AvgIpc) is 2.37. The van der Waals surface area contributed by atoms with E-state index in [1.54, 1.807) is 6.92 Å². The van der Waals surface area contributed by atoms with Gasteiger partial charge in [0, 0.05) is 18.8 Å². The molecule has 2 N–H and O–H groups in total. The minimum atomic E-state index is -0.527. The van der Waals surface area contributed by atoms with E-state index >= 15 is 0 Å². The Morgan fingerprint density at radius 3 is 2.85 bits per heavy atom. The van der Waals surface area contributed by atoms with Crippen molar-refractivity contribution in [2.45, 2.75) is 39.7 Å². The average molecular weight is 276 g/mol. The lowest BCUT2D eigenvalue weighted by Crippen LogP contribution is -2.45. The Hall–Kier alpha value is -1.55. The Morgan fingerprint density at radius 1 is 1.45 bits per heavy atom. The Morgan fingerprint density at radius 2 is 2.20 bits per heavy atom. The van der Waals surface area contributed by atoms with E-state index in [0.717, 1.165) is 37.2 Å². The maximum atomic E-state index is 12.3. The summed E-state index contributed by atoms with van der Waals surface area (Å²) >= 11 is 0. The van der Waals surface area contributed by atoms with Crippen LogP contribution in [0.5, 0.6) is 0 Å². The number of carbonyl (C=O) groups excluding carboxylic acids is 1. The van der Waals surface area contributed by atoms with Gasteiger partial charge in [-0.05, 0) is 42.9 Å². The van der Waals surface area contributed by atoms with Gasteiger partial charge in [-0.25, -0.2) is 4.79 Å². The summed E-state index contributed by atoms with van der Waals surface area (Å²) in [5.41, 5.74) is 1.73. The van der Waals surface area contributed by atoms with E-state index in [2.05, 4.69) is 19.2 Å². The SMILES string of the molecule is CC(O)c1cccc(NC(=O)N2CCCC(C)(C)C2)c1. The molecule has 1 unspecified atom stereocenters. The van der Waals surface area contributed by atoms with Crippen LogP contribution in [-0.2, 0) is 0 Å². The fourth-order valence-corrected chi connectivity index (χ4v) is 2.68. The lowest BCUT2D eigenvalue weighted by molar-refractivity contribution is 0.138. The van der Waals surface area contributed by atoms with E-state index in [4.69, 9.17) is 0 Å². The fourth-order valence-electron chi connectivity index (χ4n) is 2.68. The predicted octanol–water partition coefficient (Wildman–Crippen LogP) is 3.39. The van der Waals surface area contributed by atoms with Gasteiger partial charge in [-0.3, -0.25) is 0 Å². The highest BCUT2D eigenvalue weighted by Gasteiger charge is 2.29. The van der Waals surface area contributed by atoms with Gasteiger partial charge in [0.2, 0.25) is 0 Å². The van der Waals surface area contributed by atoms with Crippen LogP contribution in [0.4, 0.5) is 10.5 Å². The number of carbonyl (C=O) groups is 1. The molecule has 1 aliphatic rings. The van der Waals surface area contributed by atoms with E-state index < -0.39 is 6.10 Å². The molecule has 0 saturated carbocycles. The van der Waals surface area contributed by atoms with Crippen LogP contribution >= 0.6 is 0 Å². The topological polar surface area (TPSA) is 52.6 Å². The zero-order chi connectivity index (χ0) is 14.8. The standard InChI is InChI=1S/C16H24N2O2/c1-12(19)13-6-4-7-14(10-13)17-15(20)18-9-5-8-16(2,3)11-18/h4,6-7,10,12,19H,5,8-9,11H2,1-3H3,(H,17,20). The number of piperidine rings is 1. The summed E-state index contributed by atoms with van der Waals surface area (Å²) < 4.78 is 0. The highest BCUT2D eigenvalue weighted by atomic mass is 16.3. The molecular formula is C16H24N2O2. The number of aliphatic hydroxyl groups is 1. The fraction of sp³-hybridized carbons (Fsp3) is 0.562. The molecule has 0 bridgehead atoms. The summed E-state index contributed by atoms with van der Waals surface area (Å²) in [6, 6.07) is 7.30. The second kappa shape index (κ2) is 5.83. The van der Waals surface area contributed by atoms with Crippen LogP contribution in [0.15, 0.2) is 24.3 Å². The van der Waals surface area contributed by atoms with Crippen molar-refractivity contribution < 1.29 is 9.90 Å². The van der Waals surface area contributed by atoms with Gasteiger partial charge >= 0.3 is 6.03 Å². The molecule has 2 amide bonds. The van der Waals surface area contributed by atoms with Crippen molar-refractivity contribution >= 4 is 11.7 Å². The normalized spacial score (nSPS) is 19.5. The van der Waals surface area contributed by atoms with Gasteiger partial charge in [-0.15, -0.1) is 0 Å². The molecule has 2 rings (SSSR count). The lowest BCUT2D eigenvalue weighted by atomic mass is 9.84. The minimum Gasteiger partial charge on any atom is -0.389 e. The largest absolute Gasteiger partial charge is 0.389 e. The second-order valence-electron chi connectivity index (χ2n) is 6.42. The molecule has 0 aliphatic carbocycles. The first-order chi connectivity index (χ1) is 9.37. The summed E-state index contributed by atoms with van der Waals surface area (Å²) in [7, 11) is 0. The summed E-state index contributed by atoms with van der Waals surface area (Å²) in [5, 5.41) is 12.5. The summed E-state index contributed by atoms with van der Waals surface area (Å²) in [5.74, 6) is 0. The van der Waals surface area contributed by atoms with E-state index in [9.17, 15) is 9.90 Å². The van der Waals surface area contributed by atoms with Crippen molar-refractivity contribution in [2.75, 3.05) is 18.4 Å². The van der Waals surface area contributed by atoms with Crippen molar-refractivity contribution in [1.82, 2.24) is 4.90 Å². The molecule has 1 heterocycles. The van der Waals surface area contributed by atoms with Gasteiger partial charge in [0.05, 0.1) is 6.10 Å². The molecule has 0 aromatic heterocycles. The Bertz CT molecular complexity index is 483. The maximum absolute atomic E-state index is 12.3. The third-order valence-corrected chi connectivity index (χ3v) is 3.81. The van der Waals surface area contributed by atoms with Crippen LogP contribution in [0.3, 0.4) is 0 Å². The Kier molecular flexibility index (Phi) is 4.33. The van der Waals surface area contributed by atoms with Gasteiger partial charge in [0.1, 0.15) is 0 Å². The number of hydrogen-bond donors (Lipinski definition) is 2. The molecule has 110 valence electrons. The monoisotopic (exact) mass is 276 g/mol.